The number of ether oxygens (including phenoxy) is 1. The van der Waals surface area contributed by atoms with Crippen LogP contribution in [0.3, 0.4) is 0 Å². The van der Waals surface area contributed by atoms with Crippen molar-refractivity contribution in [3.8, 4) is 17.2 Å². The first kappa shape index (κ1) is 13.8. The fourth-order valence-electron chi connectivity index (χ4n) is 2.08. The van der Waals surface area contributed by atoms with E-state index in [2.05, 4.69) is 9.72 Å². The van der Waals surface area contributed by atoms with Crippen molar-refractivity contribution >= 4 is 16.9 Å². The molecule has 0 aliphatic heterocycles. The van der Waals surface area contributed by atoms with E-state index in [9.17, 15) is 14.7 Å². The highest BCUT2D eigenvalue weighted by molar-refractivity contribution is 5.91. The minimum absolute atomic E-state index is 0.0630. The summed E-state index contributed by atoms with van der Waals surface area (Å²) in [6.07, 6.45) is 0. The van der Waals surface area contributed by atoms with Gasteiger partial charge in [0.2, 0.25) is 5.89 Å². The number of para-hydroxylation sites is 1. The van der Waals surface area contributed by atoms with Gasteiger partial charge in [-0.05, 0) is 30.3 Å². The molecule has 0 saturated heterocycles. The summed E-state index contributed by atoms with van der Waals surface area (Å²) in [7, 11) is 1.25. The van der Waals surface area contributed by atoms with Crippen LogP contribution in [0.1, 0.15) is 10.4 Å². The van der Waals surface area contributed by atoms with Gasteiger partial charge in [-0.25, -0.2) is 4.79 Å². The standard InChI is InChI=1S/C16H11NO5/c1-21-16(20)9-6-7-12(18)11(8-9)15-17-14(19)10-4-2-3-5-13(10)22-15/h2-8,18H,1H3. The Morgan fingerprint density at radius 1 is 1.23 bits per heavy atom. The van der Waals surface area contributed by atoms with Crippen molar-refractivity contribution in [1.82, 2.24) is 4.98 Å². The van der Waals surface area contributed by atoms with E-state index in [0.29, 0.717) is 11.0 Å². The van der Waals surface area contributed by atoms with Crippen LogP contribution in [0, 0.1) is 0 Å². The maximum Gasteiger partial charge on any atom is 0.337 e. The fraction of sp³-hybridized carbons (Fsp3) is 0.0625. The smallest absolute Gasteiger partial charge is 0.337 e. The molecular formula is C16H11NO5. The summed E-state index contributed by atoms with van der Waals surface area (Å²) in [5, 5.41) is 10.3. The molecule has 6 nitrogen and oxygen atoms in total. The Morgan fingerprint density at radius 2 is 2.00 bits per heavy atom. The molecule has 1 aromatic heterocycles. The van der Waals surface area contributed by atoms with Crippen molar-refractivity contribution in [2.24, 2.45) is 0 Å². The molecule has 0 aliphatic carbocycles. The van der Waals surface area contributed by atoms with E-state index in [1.54, 1.807) is 24.3 Å². The molecule has 0 unspecified atom stereocenters. The summed E-state index contributed by atoms with van der Waals surface area (Å²) in [6.45, 7) is 0. The minimum Gasteiger partial charge on any atom is -0.507 e. The van der Waals surface area contributed by atoms with Gasteiger partial charge in [0.1, 0.15) is 11.3 Å². The zero-order valence-corrected chi connectivity index (χ0v) is 11.6. The predicted molar refractivity (Wildman–Crippen MR) is 78.7 cm³/mol. The second-order valence-electron chi connectivity index (χ2n) is 4.54. The molecule has 0 radical (unpaired) electrons. The number of fused-ring (bicyclic) bond motifs is 1. The molecule has 2 aromatic carbocycles. The molecule has 3 aromatic rings. The van der Waals surface area contributed by atoms with Crippen LogP contribution in [0.15, 0.2) is 51.7 Å². The van der Waals surface area contributed by atoms with Crippen molar-refractivity contribution in [2.45, 2.75) is 0 Å². The van der Waals surface area contributed by atoms with Crippen LogP contribution < -0.4 is 5.56 Å². The van der Waals surface area contributed by atoms with Crippen LogP contribution in [0.2, 0.25) is 0 Å². The Kier molecular flexibility index (Phi) is 3.34. The number of carbonyl (C=O) groups excluding carboxylic acids is 1. The summed E-state index contributed by atoms with van der Waals surface area (Å²) >= 11 is 0. The quantitative estimate of drug-likeness (QED) is 0.730. The SMILES string of the molecule is COC(=O)c1ccc(O)c(-c2nc(=O)c3ccccc3o2)c1. The van der Waals surface area contributed by atoms with Gasteiger partial charge in [-0.2, -0.15) is 4.98 Å². The highest BCUT2D eigenvalue weighted by atomic mass is 16.5. The molecule has 1 N–H and O–H groups in total. The normalized spacial score (nSPS) is 10.6. The lowest BCUT2D eigenvalue weighted by atomic mass is 10.1. The summed E-state index contributed by atoms with van der Waals surface area (Å²) < 4.78 is 10.2. The average molecular weight is 297 g/mol. The number of methoxy groups -OCH3 is 1. The van der Waals surface area contributed by atoms with Crippen LogP contribution in [0.25, 0.3) is 22.4 Å². The summed E-state index contributed by atoms with van der Waals surface area (Å²) in [4.78, 5) is 27.4. The number of carbonyl (C=O) groups is 1. The number of rotatable bonds is 2. The first-order chi connectivity index (χ1) is 10.6. The molecular weight excluding hydrogens is 286 g/mol. The Hall–Kier alpha value is -3.15. The van der Waals surface area contributed by atoms with Gasteiger partial charge in [0.25, 0.3) is 5.56 Å². The molecule has 22 heavy (non-hydrogen) atoms. The largest absolute Gasteiger partial charge is 0.507 e. The molecule has 0 spiro atoms. The number of esters is 1. The Balaban J connectivity index is 2.23. The van der Waals surface area contributed by atoms with Gasteiger partial charge < -0.3 is 14.3 Å². The van der Waals surface area contributed by atoms with Crippen molar-refractivity contribution in [3.05, 3.63) is 58.4 Å². The molecule has 0 fully saturated rings. The minimum atomic E-state index is -0.565. The van der Waals surface area contributed by atoms with Crippen LogP contribution in [0.5, 0.6) is 5.75 Å². The Bertz CT molecular complexity index is 929. The van der Waals surface area contributed by atoms with E-state index in [1.807, 2.05) is 0 Å². The molecule has 0 amide bonds. The monoisotopic (exact) mass is 297 g/mol. The van der Waals surface area contributed by atoms with E-state index in [4.69, 9.17) is 4.42 Å². The number of benzene rings is 2. The molecule has 0 aliphatic rings. The second-order valence-corrected chi connectivity index (χ2v) is 4.54. The topological polar surface area (TPSA) is 89.6 Å². The van der Waals surface area contributed by atoms with Crippen LogP contribution >= 0.6 is 0 Å². The van der Waals surface area contributed by atoms with Gasteiger partial charge in [0, 0.05) is 0 Å². The lowest BCUT2D eigenvalue weighted by molar-refractivity contribution is 0.0601. The predicted octanol–water partition coefficient (Wildman–Crippen LogP) is 2.35. The summed E-state index contributed by atoms with van der Waals surface area (Å²) in [6, 6.07) is 10.7. The third-order valence-corrected chi connectivity index (χ3v) is 3.18. The lowest BCUT2D eigenvalue weighted by Gasteiger charge is -2.06. The number of phenols is 1. The highest BCUT2D eigenvalue weighted by Crippen LogP contribution is 2.29. The first-order valence-corrected chi connectivity index (χ1v) is 6.42. The van der Waals surface area contributed by atoms with Gasteiger partial charge in [0.05, 0.1) is 23.6 Å². The van der Waals surface area contributed by atoms with Crippen molar-refractivity contribution in [3.63, 3.8) is 0 Å². The van der Waals surface area contributed by atoms with Gasteiger partial charge in [-0.15, -0.1) is 0 Å². The van der Waals surface area contributed by atoms with Gasteiger partial charge in [-0.1, -0.05) is 12.1 Å². The maximum absolute atomic E-state index is 12.0. The molecule has 6 heteroatoms. The maximum atomic E-state index is 12.0. The number of nitrogens with zero attached hydrogens (tertiary/aromatic N) is 1. The van der Waals surface area contributed by atoms with E-state index >= 15 is 0 Å². The van der Waals surface area contributed by atoms with Crippen molar-refractivity contribution in [2.75, 3.05) is 7.11 Å². The van der Waals surface area contributed by atoms with Crippen molar-refractivity contribution in [1.29, 1.82) is 0 Å². The second kappa shape index (κ2) is 5.33. The summed E-state index contributed by atoms with van der Waals surface area (Å²) in [5.41, 5.74) is 0.235. The molecule has 0 atom stereocenters. The highest BCUT2D eigenvalue weighted by Gasteiger charge is 2.15. The number of hydrogen-bond acceptors (Lipinski definition) is 6. The molecule has 0 bridgehead atoms. The fourth-order valence-corrected chi connectivity index (χ4v) is 2.08. The molecule has 110 valence electrons. The average Bonchev–Trinajstić information content (AvgIpc) is 2.54. The number of phenolic OH excluding ortho intramolecular Hbond substituents is 1. The zero-order valence-electron chi connectivity index (χ0n) is 11.6. The van der Waals surface area contributed by atoms with E-state index in [0.717, 1.165) is 0 Å². The van der Waals surface area contributed by atoms with Crippen LogP contribution in [-0.2, 0) is 4.74 Å². The van der Waals surface area contributed by atoms with E-state index in [-0.39, 0.29) is 22.8 Å². The Labute approximate surface area is 124 Å². The lowest BCUT2D eigenvalue weighted by Crippen LogP contribution is -2.07. The summed E-state index contributed by atoms with van der Waals surface area (Å²) in [5.74, 6) is -0.782. The molecule has 3 rings (SSSR count). The third-order valence-electron chi connectivity index (χ3n) is 3.18. The number of aromatic hydroxyl groups is 1. The zero-order chi connectivity index (χ0) is 15.7. The number of aromatic nitrogens is 1. The first-order valence-electron chi connectivity index (χ1n) is 6.42. The van der Waals surface area contributed by atoms with Gasteiger partial charge >= 0.3 is 5.97 Å². The van der Waals surface area contributed by atoms with Crippen LogP contribution in [-0.4, -0.2) is 23.2 Å². The van der Waals surface area contributed by atoms with E-state index < -0.39 is 11.5 Å². The third kappa shape index (κ3) is 2.31. The van der Waals surface area contributed by atoms with Crippen molar-refractivity contribution < 1.29 is 19.1 Å². The van der Waals surface area contributed by atoms with Gasteiger partial charge in [0.15, 0.2) is 0 Å². The number of hydrogen-bond donors (Lipinski definition) is 1. The molecule has 1 heterocycles. The van der Waals surface area contributed by atoms with Crippen LogP contribution in [0.4, 0.5) is 0 Å². The Morgan fingerprint density at radius 3 is 2.77 bits per heavy atom. The van der Waals surface area contributed by atoms with E-state index in [1.165, 1.54) is 25.3 Å². The molecule has 0 saturated carbocycles. The van der Waals surface area contributed by atoms with Gasteiger partial charge in [-0.3, -0.25) is 4.79 Å².